The number of fused-ring (bicyclic) bond motifs is 1. The highest BCUT2D eigenvalue weighted by molar-refractivity contribution is 5.27. The smallest absolute Gasteiger partial charge is 0.236 e. The van der Waals surface area contributed by atoms with Crippen LogP contribution in [0, 0.1) is 6.92 Å². The van der Waals surface area contributed by atoms with Crippen LogP contribution in [0.25, 0.3) is 5.78 Å². The fraction of sp³-hybridized carbons (Fsp3) is 0.167. The minimum Gasteiger partial charge on any atom is -0.274 e. The Morgan fingerprint density at radius 2 is 2.40 bits per heavy atom. The molecule has 0 unspecified atom stereocenters. The van der Waals surface area contributed by atoms with Crippen molar-refractivity contribution in [3.05, 3.63) is 24.5 Å². The molecule has 10 heavy (non-hydrogen) atoms. The minimum atomic E-state index is 0.701. The van der Waals surface area contributed by atoms with Gasteiger partial charge in [-0.15, -0.1) is 0 Å². The van der Waals surface area contributed by atoms with Crippen LogP contribution in [0.2, 0.25) is 0 Å². The van der Waals surface area contributed by atoms with Crippen LogP contribution in [0.15, 0.2) is 18.9 Å². The summed E-state index contributed by atoms with van der Waals surface area (Å²) in [5.41, 5.74) is 0.959. The zero-order valence-electron chi connectivity index (χ0n) is 5.52. The van der Waals surface area contributed by atoms with Crippen LogP contribution in [-0.2, 0) is 0 Å². The molecule has 0 fully saturated rings. The topological polar surface area (TPSA) is 43.1 Å². The van der Waals surface area contributed by atoms with Gasteiger partial charge in [-0.05, 0) is 6.92 Å². The van der Waals surface area contributed by atoms with Crippen LogP contribution < -0.4 is 0 Å². The van der Waals surface area contributed by atoms with Crippen LogP contribution in [0.3, 0.4) is 0 Å². The van der Waals surface area contributed by atoms with E-state index >= 15 is 0 Å². The van der Waals surface area contributed by atoms with Gasteiger partial charge in [-0.2, -0.15) is 0 Å². The molecule has 0 amide bonds. The number of imidazole rings is 1. The fourth-order valence-corrected chi connectivity index (χ4v) is 0.870. The van der Waals surface area contributed by atoms with Gasteiger partial charge >= 0.3 is 0 Å². The molecular weight excluding hydrogens is 128 g/mol. The molecule has 4 heteroatoms. The third kappa shape index (κ3) is 0.655. The van der Waals surface area contributed by atoms with Gasteiger partial charge in [0, 0.05) is 6.20 Å². The van der Waals surface area contributed by atoms with Crippen molar-refractivity contribution in [1.82, 2.24) is 19.4 Å². The van der Waals surface area contributed by atoms with Gasteiger partial charge < -0.3 is 0 Å². The maximum atomic E-state index is 4.12. The summed E-state index contributed by atoms with van der Waals surface area (Å²) >= 11 is 0. The Kier molecular flexibility index (Phi) is 0.943. The van der Waals surface area contributed by atoms with Gasteiger partial charge in [-0.25, -0.2) is 15.0 Å². The number of nitrogens with zero attached hydrogens (tertiary/aromatic N) is 4. The van der Waals surface area contributed by atoms with Crippen LogP contribution in [-0.4, -0.2) is 19.4 Å². The molecule has 2 aromatic rings. The molecule has 2 rings (SSSR count). The summed E-state index contributed by atoms with van der Waals surface area (Å²) in [6.45, 7) is 1.93. The van der Waals surface area contributed by atoms with E-state index in [4.69, 9.17) is 0 Å². The molecule has 0 aromatic carbocycles. The van der Waals surface area contributed by atoms with Gasteiger partial charge in [-0.1, -0.05) is 0 Å². The van der Waals surface area contributed by atoms with Gasteiger partial charge in [0.1, 0.15) is 12.7 Å². The summed E-state index contributed by atoms with van der Waals surface area (Å²) in [6.07, 6.45) is 5.06. The third-order valence-corrected chi connectivity index (χ3v) is 1.26. The zero-order valence-corrected chi connectivity index (χ0v) is 5.52. The first-order valence-electron chi connectivity index (χ1n) is 2.97. The second-order valence-corrected chi connectivity index (χ2v) is 2.10. The molecule has 0 aliphatic heterocycles. The number of hydrogen-bond donors (Lipinski definition) is 0. The van der Waals surface area contributed by atoms with E-state index in [1.807, 2.05) is 13.1 Å². The lowest BCUT2D eigenvalue weighted by molar-refractivity contribution is 1.01. The van der Waals surface area contributed by atoms with Crippen molar-refractivity contribution < 1.29 is 0 Å². The predicted molar refractivity (Wildman–Crippen MR) is 35.5 cm³/mol. The van der Waals surface area contributed by atoms with E-state index in [0.29, 0.717) is 5.78 Å². The standard InChI is InChI=1S/C6H6N4/c1-5-2-10-4-7-3-8-6(10)9-5/h2-4H,1H3. The molecule has 0 aliphatic carbocycles. The normalized spacial score (nSPS) is 10.5. The van der Waals surface area contributed by atoms with Gasteiger partial charge in [0.2, 0.25) is 5.78 Å². The van der Waals surface area contributed by atoms with Gasteiger partial charge in [-0.3, -0.25) is 4.40 Å². The average molecular weight is 134 g/mol. The van der Waals surface area contributed by atoms with Gasteiger partial charge in [0.05, 0.1) is 5.69 Å². The Bertz CT molecular complexity index is 318. The third-order valence-electron chi connectivity index (χ3n) is 1.26. The van der Waals surface area contributed by atoms with E-state index in [1.54, 1.807) is 10.7 Å². The molecule has 2 heterocycles. The summed E-state index contributed by atoms with van der Waals surface area (Å²) < 4.78 is 1.79. The van der Waals surface area contributed by atoms with Gasteiger partial charge in [0.25, 0.3) is 0 Å². The molecule has 0 aliphatic rings. The SMILES string of the molecule is Cc1cn2cncnc2n1. The van der Waals surface area contributed by atoms with Crippen molar-refractivity contribution in [2.45, 2.75) is 6.92 Å². The van der Waals surface area contributed by atoms with Crippen LogP contribution in [0.5, 0.6) is 0 Å². The Labute approximate surface area is 57.6 Å². The predicted octanol–water partition coefficient (Wildman–Crippen LogP) is 0.433. The van der Waals surface area contributed by atoms with Crippen LogP contribution in [0.4, 0.5) is 0 Å². The van der Waals surface area contributed by atoms with Crippen molar-refractivity contribution >= 4 is 5.78 Å². The molecule has 0 spiro atoms. The Balaban J connectivity index is 2.88. The van der Waals surface area contributed by atoms with E-state index in [2.05, 4.69) is 15.0 Å². The van der Waals surface area contributed by atoms with E-state index in [-0.39, 0.29) is 0 Å². The van der Waals surface area contributed by atoms with Crippen LogP contribution in [0.1, 0.15) is 5.69 Å². The first-order valence-corrected chi connectivity index (χ1v) is 2.97. The van der Waals surface area contributed by atoms with Gasteiger partial charge in [0.15, 0.2) is 0 Å². The molecule has 0 radical (unpaired) electrons. The van der Waals surface area contributed by atoms with Crippen LogP contribution >= 0.6 is 0 Å². The van der Waals surface area contributed by atoms with E-state index in [0.717, 1.165) is 5.69 Å². The Morgan fingerprint density at radius 3 is 3.20 bits per heavy atom. The maximum absolute atomic E-state index is 4.12. The summed E-state index contributed by atoms with van der Waals surface area (Å²) in [5, 5.41) is 0. The van der Waals surface area contributed by atoms with E-state index < -0.39 is 0 Å². The van der Waals surface area contributed by atoms with E-state index in [9.17, 15) is 0 Å². The quantitative estimate of drug-likeness (QED) is 0.524. The maximum Gasteiger partial charge on any atom is 0.236 e. The highest BCUT2D eigenvalue weighted by Crippen LogP contribution is 1.96. The summed E-state index contributed by atoms with van der Waals surface area (Å²) in [7, 11) is 0. The van der Waals surface area contributed by atoms with Crippen molar-refractivity contribution in [1.29, 1.82) is 0 Å². The number of rotatable bonds is 0. The number of hydrogen-bond acceptors (Lipinski definition) is 3. The first-order chi connectivity index (χ1) is 4.86. The van der Waals surface area contributed by atoms with Crippen molar-refractivity contribution in [2.24, 2.45) is 0 Å². The highest BCUT2D eigenvalue weighted by atomic mass is 15.1. The molecule has 0 saturated carbocycles. The monoisotopic (exact) mass is 134 g/mol. The van der Waals surface area contributed by atoms with Crippen molar-refractivity contribution in [3.63, 3.8) is 0 Å². The zero-order chi connectivity index (χ0) is 6.97. The Morgan fingerprint density at radius 1 is 1.50 bits per heavy atom. The summed E-state index contributed by atoms with van der Waals surface area (Å²) in [6, 6.07) is 0. The van der Waals surface area contributed by atoms with Crippen molar-refractivity contribution in [3.8, 4) is 0 Å². The number of aryl methyl sites for hydroxylation is 1. The molecule has 4 nitrogen and oxygen atoms in total. The second-order valence-electron chi connectivity index (χ2n) is 2.10. The summed E-state index contributed by atoms with van der Waals surface area (Å²) in [5.74, 6) is 0.701. The van der Waals surface area contributed by atoms with E-state index in [1.165, 1.54) is 6.33 Å². The lowest BCUT2D eigenvalue weighted by atomic mass is 10.6. The Hall–Kier alpha value is -1.45. The second kappa shape index (κ2) is 1.76. The first kappa shape index (κ1) is 5.34. The molecule has 2 aromatic heterocycles. The van der Waals surface area contributed by atoms with Crippen molar-refractivity contribution in [2.75, 3.05) is 0 Å². The molecule has 0 N–H and O–H groups in total. The number of aromatic nitrogens is 4. The molecule has 0 atom stereocenters. The minimum absolute atomic E-state index is 0.701. The summed E-state index contributed by atoms with van der Waals surface area (Å²) in [4.78, 5) is 11.9. The lowest BCUT2D eigenvalue weighted by Crippen LogP contribution is -1.86. The fourth-order valence-electron chi connectivity index (χ4n) is 0.870. The molecular formula is C6H6N4. The molecule has 50 valence electrons. The highest BCUT2D eigenvalue weighted by Gasteiger charge is 1.94. The molecule has 0 saturated heterocycles. The largest absolute Gasteiger partial charge is 0.274 e. The average Bonchev–Trinajstić information content (AvgIpc) is 2.27. The lowest BCUT2D eigenvalue weighted by Gasteiger charge is -1.84. The molecule has 0 bridgehead atoms.